The maximum absolute atomic E-state index is 5.03. The summed E-state index contributed by atoms with van der Waals surface area (Å²) in [6.45, 7) is 4.27. The first-order valence-corrected chi connectivity index (χ1v) is 8.19. The maximum atomic E-state index is 5.03. The molecule has 0 saturated heterocycles. The molecule has 0 aromatic carbocycles. The Balaban J connectivity index is 1.88. The summed E-state index contributed by atoms with van der Waals surface area (Å²) in [5, 5.41) is 3.46. The van der Waals surface area contributed by atoms with E-state index in [0.717, 1.165) is 32.6 Å². The Kier molecular flexibility index (Phi) is 4.41. The molecule has 0 unspecified atom stereocenters. The number of hydrogen-bond donors (Lipinski definition) is 1. The van der Waals surface area contributed by atoms with E-state index < -0.39 is 0 Å². The van der Waals surface area contributed by atoms with Crippen LogP contribution in [-0.4, -0.2) is 41.6 Å². The van der Waals surface area contributed by atoms with Crippen molar-refractivity contribution in [3.05, 3.63) is 17.2 Å². The number of hydrogen-bond acceptors (Lipinski definition) is 3. The van der Waals surface area contributed by atoms with Crippen LogP contribution in [0, 0.1) is 0 Å². The zero-order chi connectivity index (χ0) is 13.9. The van der Waals surface area contributed by atoms with Crippen molar-refractivity contribution in [1.82, 2.24) is 19.8 Å². The van der Waals surface area contributed by atoms with Gasteiger partial charge in [0.1, 0.15) is 5.82 Å². The Bertz CT molecular complexity index is 444. The van der Waals surface area contributed by atoms with E-state index in [-0.39, 0.29) is 0 Å². The zero-order valence-electron chi connectivity index (χ0n) is 13.0. The first-order chi connectivity index (χ1) is 9.75. The SMILES string of the molecule is CN(C)CCn1c(C2CCCCC2)nc2c1CCNC2. The predicted octanol–water partition coefficient (Wildman–Crippen LogP) is 2.14. The van der Waals surface area contributed by atoms with Crippen LogP contribution in [0.2, 0.25) is 0 Å². The molecule has 1 aromatic rings. The molecule has 20 heavy (non-hydrogen) atoms. The topological polar surface area (TPSA) is 33.1 Å². The molecule has 0 spiro atoms. The average Bonchev–Trinajstić information content (AvgIpc) is 2.84. The van der Waals surface area contributed by atoms with E-state index in [1.54, 1.807) is 0 Å². The first-order valence-electron chi connectivity index (χ1n) is 8.19. The fraction of sp³-hybridized carbons (Fsp3) is 0.812. The highest BCUT2D eigenvalue weighted by Gasteiger charge is 2.25. The van der Waals surface area contributed by atoms with Crippen LogP contribution in [0.3, 0.4) is 0 Å². The molecular formula is C16H28N4. The lowest BCUT2D eigenvalue weighted by atomic mass is 9.88. The van der Waals surface area contributed by atoms with Crippen molar-refractivity contribution in [1.29, 1.82) is 0 Å². The molecule has 1 aliphatic heterocycles. The summed E-state index contributed by atoms with van der Waals surface area (Å²) in [5.41, 5.74) is 2.82. The molecule has 0 atom stereocenters. The molecule has 2 aliphatic rings. The summed E-state index contributed by atoms with van der Waals surface area (Å²) in [6, 6.07) is 0. The van der Waals surface area contributed by atoms with Gasteiger partial charge in [0.05, 0.1) is 5.69 Å². The van der Waals surface area contributed by atoms with Gasteiger partial charge in [0.2, 0.25) is 0 Å². The van der Waals surface area contributed by atoms with E-state index in [4.69, 9.17) is 4.98 Å². The van der Waals surface area contributed by atoms with Gasteiger partial charge in [0.25, 0.3) is 0 Å². The first kappa shape index (κ1) is 14.1. The molecule has 4 nitrogen and oxygen atoms in total. The average molecular weight is 276 g/mol. The standard InChI is InChI=1S/C16H28N4/c1-19(2)10-11-20-15-8-9-17-12-14(15)18-16(20)13-6-4-3-5-7-13/h13,17H,3-12H2,1-2H3. The van der Waals surface area contributed by atoms with Gasteiger partial charge in [-0.15, -0.1) is 0 Å². The fourth-order valence-electron chi connectivity index (χ4n) is 3.61. The molecule has 112 valence electrons. The molecule has 1 fully saturated rings. The molecule has 0 bridgehead atoms. The van der Waals surface area contributed by atoms with Crippen LogP contribution in [0.5, 0.6) is 0 Å². The number of imidazole rings is 1. The zero-order valence-corrected chi connectivity index (χ0v) is 13.0. The number of nitrogens with zero attached hydrogens (tertiary/aromatic N) is 3. The van der Waals surface area contributed by atoms with Crippen LogP contribution in [0.1, 0.15) is 55.2 Å². The molecule has 1 saturated carbocycles. The smallest absolute Gasteiger partial charge is 0.112 e. The van der Waals surface area contributed by atoms with E-state index >= 15 is 0 Å². The van der Waals surface area contributed by atoms with Gasteiger partial charge in [0.15, 0.2) is 0 Å². The Hall–Kier alpha value is -0.870. The third-order valence-electron chi connectivity index (χ3n) is 4.76. The van der Waals surface area contributed by atoms with Gasteiger partial charge in [-0.2, -0.15) is 0 Å². The number of fused-ring (bicyclic) bond motifs is 1. The quantitative estimate of drug-likeness (QED) is 0.914. The summed E-state index contributed by atoms with van der Waals surface area (Å²) >= 11 is 0. The normalized spacial score (nSPS) is 20.4. The van der Waals surface area contributed by atoms with Gasteiger partial charge in [0, 0.05) is 44.2 Å². The van der Waals surface area contributed by atoms with Gasteiger partial charge >= 0.3 is 0 Å². The molecule has 4 heteroatoms. The Morgan fingerprint density at radius 1 is 1.25 bits per heavy atom. The molecule has 1 aliphatic carbocycles. The monoisotopic (exact) mass is 276 g/mol. The number of likely N-dealkylation sites (N-methyl/N-ethyl adjacent to an activating group) is 1. The van der Waals surface area contributed by atoms with Crippen molar-refractivity contribution in [3.63, 3.8) is 0 Å². The second kappa shape index (κ2) is 6.27. The van der Waals surface area contributed by atoms with Crippen molar-refractivity contribution in [2.45, 2.75) is 57.5 Å². The van der Waals surface area contributed by atoms with Gasteiger partial charge in [-0.1, -0.05) is 19.3 Å². The molecule has 2 heterocycles. The minimum atomic E-state index is 0.705. The largest absolute Gasteiger partial charge is 0.330 e. The number of nitrogens with one attached hydrogen (secondary N) is 1. The Morgan fingerprint density at radius 3 is 2.80 bits per heavy atom. The van der Waals surface area contributed by atoms with Gasteiger partial charge < -0.3 is 14.8 Å². The van der Waals surface area contributed by atoms with Crippen molar-refractivity contribution < 1.29 is 0 Å². The highest BCUT2D eigenvalue weighted by Crippen LogP contribution is 2.33. The molecule has 0 radical (unpaired) electrons. The van der Waals surface area contributed by atoms with E-state index in [1.165, 1.54) is 49.3 Å². The molecule has 1 aromatic heterocycles. The Labute approximate surface area is 122 Å². The van der Waals surface area contributed by atoms with E-state index in [1.807, 2.05) is 0 Å². The summed E-state index contributed by atoms with van der Waals surface area (Å²) in [4.78, 5) is 7.31. The lowest BCUT2D eigenvalue weighted by Crippen LogP contribution is -2.27. The summed E-state index contributed by atoms with van der Waals surface area (Å²) in [7, 11) is 4.32. The molecule has 0 amide bonds. The van der Waals surface area contributed by atoms with Crippen molar-refractivity contribution in [2.24, 2.45) is 0 Å². The molecule has 1 N–H and O–H groups in total. The number of rotatable bonds is 4. The van der Waals surface area contributed by atoms with Crippen LogP contribution in [0.15, 0.2) is 0 Å². The van der Waals surface area contributed by atoms with E-state index in [0.29, 0.717) is 5.92 Å². The highest BCUT2D eigenvalue weighted by atomic mass is 15.2. The van der Waals surface area contributed by atoms with Crippen LogP contribution < -0.4 is 5.32 Å². The summed E-state index contributed by atoms with van der Waals surface area (Å²) in [6.07, 6.45) is 8.00. The van der Waals surface area contributed by atoms with Crippen LogP contribution >= 0.6 is 0 Å². The van der Waals surface area contributed by atoms with Crippen LogP contribution in [-0.2, 0) is 19.5 Å². The minimum absolute atomic E-state index is 0.705. The lowest BCUT2D eigenvalue weighted by molar-refractivity contribution is 0.362. The number of aromatic nitrogens is 2. The molecular weight excluding hydrogens is 248 g/mol. The van der Waals surface area contributed by atoms with Crippen molar-refractivity contribution in [2.75, 3.05) is 27.2 Å². The van der Waals surface area contributed by atoms with Crippen LogP contribution in [0.25, 0.3) is 0 Å². The summed E-state index contributed by atoms with van der Waals surface area (Å²) < 4.78 is 2.56. The van der Waals surface area contributed by atoms with E-state index in [9.17, 15) is 0 Å². The summed E-state index contributed by atoms with van der Waals surface area (Å²) in [5.74, 6) is 2.09. The minimum Gasteiger partial charge on any atom is -0.330 e. The maximum Gasteiger partial charge on any atom is 0.112 e. The predicted molar refractivity (Wildman–Crippen MR) is 82.0 cm³/mol. The van der Waals surface area contributed by atoms with E-state index in [2.05, 4.69) is 28.9 Å². The second-order valence-corrected chi connectivity index (χ2v) is 6.58. The van der Waals surface area contributed by atoms with Gasteiger partial charge in [-0.3, -0.25) is 0 Å². The Morgan fingerprint density at radius 2 is 2.05 bits per heavy atom. The van der Waals surface area contributed by atoms with Crippen LogP contribution in [0.4, 0.5) is 0 Å². The van der Waals surface area contributed by atoms with Crippen molar-refractivity contribution in [3.8, 4) is 0 Å². The van der Waals surface area contributed by atoms with Gasteiger partial charge in [-0.25, -0.2) is 4.98 Å². The third kappa shape index (κ3) is 2.91. The van der Waals surface area contributed by atoms with Crippen molar-refractivity contribution >= 4 is 0 Å². The second-order valence-electron chi connectivity index (χ2n) is 6.58. The highest BCUT2D eigenvalue weighted by molar-refractivity contribution is 5.22. The van der Waals surface area contributed by atoms with Gasteiger partial charge in [-0.05, 0) is 26.9 Å². The third-order valence-corrected chi connectivity index (χ3v) is 4.76. The fourth-order valence-corrected chi connectivity index (χ4v) is 3.61. The lowest BCUT2D eigenvalue weighted by Gasteiger charge is -2.24. The molecule has 3 rings (SSSR count).